The Morgan fingerprint density at radius 3 is 2.74 bits per heavy atom. The second kappa shape index (κ2) is 9.06. The molecule has 1 aromatic carbocycles. The van der Waals surface area contributed by atoms with Crippen LogP contribution in [-0.4, -0.2) is 39.7 Å². The number of carbonyl (C=O) groups is 2. The molecule has 7 nitrogen and oxygen atoms in total. The third kappa shape index (κ3) is 5.42. The van der Waals surface area contributed by atoms with E-state index in [1.54, 1.807) is 13.0 Å². The second-order valence-corrected chi connectivity index (χ2v) is 7.57. The molecule has 3 rings (SSSR count). The van der Waals surface area contributed by atoms with E-state index in [0.29, 0.717) is 16.3 Å². The highest BCUT2D eigenvalue weighted by molar-refractivity contribution is 9.10. The van der Waals surface area contributed by atoms with E-state index in [-0.39, 0.29) is 27.8 Å². The van der Waals surface area contributed by atoms with Crippen molar-refractivity contribution in [2.45, 2.75) is 13.1 Å². The number of ether oxygens (including phenoxy) is 1. The van der Waals surface area contributed by atoms with Crippen LogP contribution in [0.2, 0.25) is 5.02 Å². The van der Waals surface area contributed by atoms with Crippen molar-refractivity contribution in [1.29, 1.82) is 0 Å². The molecule has 0 unspecified atom stereocenters. The maximum absolute atomic E-state index is 13.0. The molecule has 0 aliphatic rings. The lowest BCUT2D eigenvalue weighted by Gasteiger charge is -2.12. The number of nitrogens with zero attached hydrogens (tertiary/aromatic N) is 3. The molecule has 3 aromatic rings. The highest BCUT2D eigenvalue weighted by Crippen LogP contribution is 2.27. The molecule has 0 aliphatic carbocycles. The number of carbonyl (C=O) groups excluding carboxylic acids is 2. The van der Waals surface area contributed by atoms with Gasteiger partial charge in [-0.2, -0.15) is 13.2 Å². The third-order valence-corrected chi connectivity index (χ3v) is 4.69. The van der Waals surface area contributed by atoms with Gasteiger partial charge in [-0.15, -0.1) is 5.10 Å². The molecule has 0 bridgehead atoms. The molecule has 2 heterocycles. The molecule has 2 aromatic heterocycles. The van der Waals surface area contributed by atoms with Crippen molar-refractivity contribution in [2.24, 2.45) is 0 Å². The lowest BCUT2D eigenvalue weighted by atomic mass is 10.1. The van der Waals surface area contributed by atoms with E-state index in [9.17, 15) is 22.8 Å². The van der Waals surface area contributed by atoms with Crippen LogP contribution in [0.25, 0.3) is 5.82 Å². The Balaban J connectivity index is 2.03. The van der Waals surface area contributed by atoms with Crippen LogP contribution in [0.15, 0.2) is 41.0 Å². The average molecular weight is 518 g/mol. The summed E-state index contributed by atoms with van der Waals surface area (Å²) in [6.45, 7) is 0.0836. The molecule has 0 aliphatic heterocycles. The Labute approximate surface area is 187 Å². The Morgan fingerprint density at radius 1 is 1.35 bits per heavy atom. The van der Waals surface area contributed by atoms with E-state index >= 15 is 0 Å². The zero-order valence-electron chi connectivity index (χ0n) is 15.7. The van der Waals surface area contributed by atoms with Crippen LogP contribution in [0.4, 0.5) is 18.9 Å². The number of halogens is 5. The number of amides is 1. The van der Waals surface area contributed by atoms with Crippen molar-refractivity contribution < 1.29 is 27.5 Å². The number of rotatable bonds is 6. The first kappa shape index (κ1) is 22.8. The molecule has 1 amide bonds. The van der Waals surface area contributed by atoms with Crippen molar-refractivity contribution in [1.82, 2.24) is 14.8 Å². The summed E-state index contributed by atoms with van der Waals surface area (Å²) in [4.78, 5) is 28.4. The summed E-state index contributed by atoms with van der Waals surface area (Å²) in [5, 5.41) is 6.59. The molecule has 0 radical (unpaired) electrons. The number of anilines is 1. The maximum Gasteiger partial charge on any atom is 0.422 e. The smallest absolute Gasteiger partial charge is 0.422 e. The van der Waals surface area contributed by atoms with Crippen LogP contribution in [0.1, 0.15) is 26.4 Å². The van der Waals surface area contributed by atoms with Gasteiger partial charge in [0.1, 0.15) is 5.69 Å². The molecule has 1 N–H and O–H groups in total. The predicted molar refractivity (Wildman–Crippen MR) is 110 cm³/mol. The first-order chi connectivity index (χ1) is 14.6. The Kier molecular flexibility index (Phi) is 6.65. The second-order valence-electron chi connectivity index (χ2n) is 6.25. The quantitative estimate of drug-likeness (QED) is 0.465. The Hall–Kier alpha value is -2.92. The van der Waals surface area contributed by atoms with Gasteiger partial charge in [-0.25, -0.2) is 9.67 Å². The van der Waals surface area contributed by atoms with Crippen molar-refractivity contribution in [3.8, 4) is 11.7 Å². The SMILES string of the molecule is Cc1cc(Br)cc(C=O)c1NC(=O)c1cc(OCC(F)(F)F)nn1-c1ncccc1Cl. The van der Waals surface area contributed by atoms with Gasteiger partial charge in [0.05, 0.1) is 10.7 Å². The molecular formula is C19H13BrClF3N4O3. The van der Waals surface area contributed by atoms with Crippen molar-refractivity contribution in [2.75, 3.05) is 11.9 Å². The minimum absolute atomic E-state index is 0.0133. The van der Waals surface area contributed by atoms with Gasteiger partial charge in [-0.05, 0) is 36.8 Å². The van der Waals surface area contributed by atoms with E-state index in [1.807, 2.05) is 0 Å². The fourth-order valence-corrected chi connectivity index (χ4v) is 3.44. The Morgan fingerprint density at radius 2 is 2.10 bits per heavy atom. The number of nitrogens with one attached hydrogen (secondary N) is 1. The van der Waals surface area contributed by atoms with Crippen molar-refractivity contribution in [3.63, 3.8) is 0 Å². The zero-order chi connectivity index (χ0) is 22.8. The molecular weight excluding hydrogens is 505 g/mol. The summed E-state index contributed by atoms with van der Waals surface area (Å²) < 4.78 is 43.9. The van der Waals surface area contributed by atoms with Gasteiger partial charge in [0.2, 0.25) is 5.88 Å². The number of benzene rings is 1. The number of hydrogen-bond donors (Lipinski definition) is 1. The van der Waals surface area contributed by atoms with Crippen LogP contribution >= 0.6 is 27.5 Å². The average Bonchev–Trinajstić information content (AvgIpc) is 3.12. The van der Waals surface area contributed by atoms with Gasteiger partial charge in [0, 0.05) is 22.3 Å². The van der Waals surface area contributed by atoms with Gasteiger partial charge in [-0.3, -0.25) is 9.59 Å². The molecule has 0 spiro atoms. The Bertz CT molecular complexity index is 1150. The van der Waals surface area contributed by atoms with E-state index in [4.69, 9.17) is 11.6 Å². The number of aryl methyl sites for hydroxylation is 1. The standard InChI is InChI=1S/C19H13BrClF3N4O3/c1-10-5-12(20)6-11(8-29)16(10)26-18(30)14-7-15(31-9-19(22,23)24)27-28(14)17-13(21)3-2-4-25-17/h2-8H,9H2,1H3,(H,26,30). The number of aromatic nitrogens is 3. The lowest BCUT2D eigenvalue weighted by Crippen LogP contribution is -2.19. The number of pyridine rings is 1. The number of hydrogen-bond acceptors (Lipinski definition) is 5. The van der Waals surface area contributed by atoms with Crippen LogP contribution in [0.5, 0.6) is 5.88 Å². The predicted octanol–water partition coefficient (Wildman–Crippen LogP) is 5.00. The molecule has 12 heteroatoms. The number of aldehydes is 1. The summed E-state index contributed by atoms with van der Waals surface area (Å²) in [5.74, 6) is -1.20. The minimum atomic E-state index is -4.59. The summed E-state index contributed by atoms with van der Waals surface area (Å²) in [6.07, 6.45) is -2.65. The molecule has 0 atom stereocenters. The monoisotopic (exact) mass is 516 g/mol. The topological polar surface area (TPSA) is 86.1 Å². The zero-order valence-corrected chi connectivity index (χ0v) is 18.0. The lowest BCUT2D eigenvalue weighted by molar-refractivity contribution is -0.154. The van der Waals surface area contributed by atoms with Crippen molar-refractivity contribution in [3.05, 3.63) is 62.8 Å². The van der Waals surface area contributed by atoms with Crippen LogP contribution < -0.4 is 10.1 Å². The normalized spacial score (nSPS) is 11.3. The first-order valence-corrected chi connectivity index (χ1v) is 9.73. The van der Waals surface area contributed by atoms with E-state index in [0.717, 1.165) is 10.7 Å². The maximum atomic E-state index is 13.0. The summed E-state index contributed by atoms with van der Waals surface area (Å²) in [7, 11) is 0. The fourth-order valence-electron chi connectivity index (χ4n) is 2.65. The summed E-state index contributed by atoms with van der Waals surface area (Å²) >= 11 is 9.39. The largest absolute Gasteiger partial charge is 0.467 e. The summed E-state index contributed by atoms with van der Waals surface area (Å²) in [5.41, 5.74) is 0.828. The summed E-state index contributed by atoms with van der Waals surface area (Å²) in [6, 6.07) is 7.25. The van der Waals surface area contributed by atoms with Crippen molar-refractivity contribution >= 4 is 45.4 Å². The minimum Gasteiger partial charge on any atom is -0.467 e. The van der Waals surface area contributed by atoms with E-state index < -0.39 is 24.6 Å². The molecule has 31 heavy (non-hydrogen) atoms. The number of alkyl halides is 3. The fraction of sp³-hybridized carbons (Fsp3) is 0.158. The van der Waals surface area contributed by atoms with E-state index in [1.165, 1.54) is 24.4 Å². The van der Waals surface area contributed by atoms with E-state index in [2.05, 4.69) is 36.1 Å². The molecule has 0 saturated carbocycles. The van der Waals surface area contributed by atoms with Gasteiger partial charge < -0.3 is 10.1 Å². The van der Waals surface area contributed by atoms with Crippen LogP contribution in [0.3, 0.4) is 0 Å². The third-order valence-electron chi connectivity index (χ3n) is 3.94. The van der Waals surface area contributed by atoms with Gasteiger partial charge in [-0.1, -0.05) is 27.5 Å². The van der Waals surface area contributed by atoms with Crippen LogP contribution in [-0.2, 0) is 0 Å². The highest BCUT2D eigenvalue weighted by Gasteiger charge is 2.30. The highest BCUT2D eigenvalue weighted by atomic mass is 79.9. The van der Waals surface area contributed by atoms with Gasteiger partial charge in [0.25, 0.3) is 5.91 Å². The molecule has 162 valence electrons. The molecule has 0 saturated heterocycles. The van der Waals surface area contributed by atoms with Gasteiger partial charge >= 0.3 is 6.18 Å². The van der Waals surface area contributed by atoms with Gasteiger partial charge in [0.15, 0.2) is 18.7 Å². The first-order valence-electron chi connectivity index (χ1n) is 8.56. The molecule has 0 fully saturated rings. The van der Waals surface area contributed by atoms with Crippen LogP contribution in [0, 0.1) is 6.92 Å².